The second-order valence-corrected chi connectivity index (χ2v) is 4.33. The molecule has 0 radical (unpaired) electrons. The van der Waals surface area contributed by atoms with E-state index in [0.717, 1.165) is 0 Å². The Morgan fingerprint density at radius 2 is 1.89 bits per heavy atom. The molecule has 1 atom stereocenters. The lowest BCUT2D eigenvalue weighted by atomic mass is 10.2. The second-order valence-electron chi connectivity index (χ2n) is 3.68. The third-order valence-corrected chi connectivity index (χ3v) is 2.42. The average Bonchev–Trinajstić information content (AvgIpc) is 2.34. The first-order chi connectivity index (χ1) is 8.52. The molecular formula is C12H15ClN2O3. The molecule has 1 aromatic carbocycles. The number of hydrogen-bond donors (Lipinski definition) is 3. The van der Waals surface area contributed by atoms with Gasteiger partial charge in [0.2, 0.25) is 5.91 Å². The highest BCUT2D eigenvalue weighted by atomic mass is 35.5. The van der Waals surface area contributed by atoms with Gasteiger partial charge < -0.3 is 15.7 Å². The molecule has 0 aromatic heterocycles. The number of nitrogens with one attached hydrogen (secondary N) is 2. The van der Waals surface area contributed by atoms with E-state index in [0.29, 0.717) is 0 Å². The van der Waals surface area contributed by atoms with Gasteiger partial charge in [-0.05, 0) is 19.1 Å². The summed E-state index contributed by atoms with van der Waals surface area (Å²) < 4.78 is 0. The van der Waals surface area contributed by atoms with Crippen LogP contribution < -0.4 is 10.6 Å². The van der Waals surface area contributed by atoms with Crippen LogP contribution in [0.3, 0.4) is 0 Å². The third kappa shape index (κ3) is 4.25. The van der Waals surface area contributed by atoms with Crippen LogP contribution in [0.5, 0.6) is 5.75 Å². The monoisotopic (exact) mass is 270 g/mol. The number of phenolic OH excluding ortho intramolecular Hbond substituents is 1. The maximum Gasteiger partial charge on any atom is 0.255 e. The molecule has 6 heteroatoms. The van der Waals surface area contributed by atoms with Crippen LogP contribution >= 0.6 is 11.6 Å². The van der Waals surface area contributed by atoms with Gasteiger partial charge in [0.1, 0.15) is 11.1 Å². The van der Waals surface area contributed by atoms with Gasteiger partial charge in [0.15, 0.2) is 0 Å². The van der Waals surface area contributed by atoms with Crippen molar-refractivity contribution in [2.75, 3.05) is 13.1 Å². The summed E-state index contributed by atoms with van der Waals surface area (Å²) in [5.74, 6) is -0.747. The van der Waals surface area contributed by atoms with Gasteiger partial charge in [-0.2, -0.15) is 0 Å². The summed E-state index contributed by atoms with van der Waals surface area (Å²) in [5, 5.41) is 14.0. The smallest absolute Gasteiger partial charge is 0.255 e. The Morgan fingerprint density at radius 3 is 2.50 bits per heavy atom. The van der Waals surface area contributed by atoms with Gasteiger partial charge in [-0.15, -0.1) is 11.6 Å². The number of rotatable bonds is 5. The van der Waals surface area contributed by atoms with Gasteiger partial charge in [0.05, 0.1) is 5.56 Å². The molecule has 1 unspecified atom stereocenters. The Bertz CT molecular complexity index is 435. The number of hydrogen-bond acceptors (Lipinski definition) is 3. The molecule has 0 aliphatic heterocycles. The molecule has 5 nitrogen and oxygen atoms in total. The maximum atomic E-state index is 11.6. The molecule has 2 amide bonds. The zero-order valence-electron chi connectivity index (χ0n) is 9.94. The van der Waals surface area contributed by atoms with Crippen molar-refractivity contribution in [3.63, 3.8) is 0 Å². The van der Waals surface area contributed by atoms with E-state index in [4.69, 9.17) is 11.6 Å². The molecule has 1 rings (SSSR count). The molecule has 18 heavy (non-hydrogen) atoms. The van der Waals surface area contributed by atoms with E-state index in [-0.39, 0.29) is 36.2 Å². The van der Waals surface area contributed by atoms with E-state index < -0.39 is 5.38 Å². The SMILES string of the molecule is CC(Cl)C(=O)NCCNC(=O)c1ccccc1O. The second kappa shape index (κ2) is 6.86. The van der Waals surface area contributed by atoms with Crippen LogP contribution in [-0.4, -0.2) is 35.4 Å². The fourth-order valence-electron chi connectivity index (χ4n) is 1.26. The molecule has 0 heterocycles. The maximum absolute atomic E-state index is 11.6. The largest absolute Gasteiger partial charge is 0.507 e. The number of carbonyl (C=O) groups excluding carboxylic acids is 2. The van der Waals surface area contributed by atoms with Crippen LogP contribution in [0.4, 0.5) is 0 Å². The fraction of sp³-hybridized carbons (Fsp3) is 0.333. The van der Waals surface area contributed by atoms with Crippen molar-refractivity contribution in [3.8, 4) is 5.75 Å². The molecule has 98 valence electrons. The number of halogens is 1. The van der Waals surface area contributed by atoms with Gasteiger partial charge >= 0.3 is 0 Å². The van der Waals surface area contributed by atoms with Crippen molar-refractivity contribution in [3.05, 3.63) is 29.8 Å². The first-order valence-corrected chi connectivity index (χ1v) is 5.94. The molecule has 3 N–H and O–H groups in total. The van der Waals surface area contributed by atoms with Crippen molar-refractivity contribution in [1.82, 2.24) is 10.6 Å². The number of aromatic hydroxyl groups is 1. The Morgan fingerprint density at radius 1 is 1.28 bits per heavy atom. The van der Waals surface area contributed by atoms with Crippen molar-refractivity contribution in [2.24, 2.45) is 0 Å². The van der Waals surface area contributed by atoms with E-state index in [2.05, 4.69) is 10.6 Å². The normalized spacial score (nSPS) is 11.7. The van der Waals surface area contributed by atoms with Crippen molar-refractivity contribution in [2.45, 2.75) is 12.3 Å². The minimum Gasteiger partial charge on any atom is -0.507 e. The Hall–Kier alpha value is -1.75. The van der Waals surface area contributed by atoms with E-state index >= 15 is 0 Å². The lowest BCUT2D eigenvalue weighted by molar-refractivity contribution is -0.120. The van der Waals surface area contributed by atoms with Crippen LogP contribution in [0.1, 0.15) is 17.3 Å². The van der Waals surface area contributed by atoms with E-state index in [9.17, 15) is 14.7 Å². The third-order valence-electron chi connectivity index (χ3n) is 2.22. The molecule has 0 aliphatic rings. The summed E-state index contributed by atoms with van der Waals surface area (Å²) in [4.78, 5) is 22.8. The standard InChI is InChI=1S/C12H15ClN2O3/c1-8(13)11(17)14-6-7-15-12(18)9-4-2-3-5-10(9)16/h2-5,8,16H,6-7H2,1H3,(H,14,17)(H,15,18). The summed E-state index contributed by atoms with van der Waals surface area (Å²) in [5.41, 5.74) is 0.203. The Balaban J connectivity index is 2.35. The quantitative estimate of drug-likeness (QED) is 0.549. The van der Waals surface area contributed by atoms with Gasteiger partial charge in [0.25, 0.3) is 5.91 Å². The summed E-state index contributed by atoms with van der Waals surface area (Å²) in [6, 6.07) is 6.25. The number of phenols is 1. The average molecular weight is 271 g/mol. The minimum absolute atomic E-state index is 0.0755. The van der Waals surface area contributed by atoms with E-state index in [1.165, 1.54) is 12.1 Å². The zero-order chi connectivity index (χ0) is 13.5. The summed E-state index contributed by atoms with van der Waals surface area (Å²) in [6.45, 7) is 2.12. The number of carbonyl (C=O) groups is 2. The first-order valence-electron chi connectivity index (χ1n) is 5.50. The lowest BCUT2D eigenvalue weighted by Crippen LogP contribution is -2.37. The predicted octanol–water partition coefficient (Wildman–Crippen LogP) is 0.865. The molecule has 0 aliphatic carbocycles. The van der Waals surface area contributed by atoms with Crippen LogP contribution in [-0.2, 0) is 4.79 Å². The van der Waals surface area contributed by atoms with Gasteiger partial charge in [0, 0.05) is 13.1 Å². The molecule has 0 bridgehead atoms. The number of alkyl halides is 1. The van der Waals surface area contributed by atoms with Gasteiger partial charge in [-0.25, -0.2) is 0 Å². The molecular weight excluding hydrogens is 256 g/mol. The predicted molar refractivity (Wildman–Crippen MR) is 68.8 cm³/mol. The highest BCUT2D eigenvalue weighted by molar-refractivity contribution is 6.30. The van der Waals surface area contributed by atoms with Crippen molar-refractivity contribution >= 4 is 23.4 Å². The molecule has 0 saturated heterocycles. The summed E-state index contributed by atoms with van der Waals surface area (Å²) in [7, 11) is 0. The molecule has 0 fully saturated rings. The molecule has 0 spiro atoms. The topological polar surface area (TPSA) is 78.4 Å². The fourth-order valence-corrected chi connectivity index (χ4v) is 1.34. The van der Waals surface area contributed by atoms with Crippen LogP contribution in [0.25, 0.3) is 0 Å². The van der Waals surface area contributed by atoms with Crippen LogP contribution in [0.15, 0.2) is 24.3 Å². The highest BCUT2D eigenvalue weighted by Crippen LogP contribution is 2.14. The van der Waals surface area contributed by atoms with Gasteiger partial charge in [-0.3, -0.25) is 9.59 Å². The minimum atomic E-state index is -0.598. The number of amides is 2. The Labute approximate surface area is 110 Å². The molecule has 0 saturated carbocycles. The van der Waals surface area contributed by atoms with Crippen LogP contribution in [0.2, 0.25) is 0 Å². The number of para-hydroxylation sites is 1. The van der Waals surface area contributed by atoms with E-state index in [1.54, 1.807) is 19.1 Å². The van der Waals surface area contributed by atoms with Crippen LogP contribution in [0, 0.1) is 0 Å². The summed E-state index contributed by atoms with van der Waals surface area (Å²) in [6.07, 6.45) is 0. The van der Waals surface area contributed by atoms with Crippen molar-refractivity contribution < 1.29 is 14.7 Å². The zero-order valence-corrected chi connectivity index (χ0v) is 10.7. The summed E-state index contributed by atoms with van der Waals surface area (Å²) >= 11 is 5.55. The first kappa shape index (κ1) is 14.3. The Kier molecular flexibility index (Phi) is 5.45. The number of benzene rings is 1. The highest BCUT2D eigenvalue weighted by Gasteiger charge is 2.10. The van der Waals surface area contributed by atoms with Crippen molar-refractivity contribution in [1.29, 1.82) is 0 Å². The lowest BCUT2D eigenvalue weighted by Gasteiger charge is -2.08. The molecule has 1 aromatic rings. The van der Waals surface area contributed by atoms with E-state index in [1.807, 2.05) is 0 Å². The van der Waals surface area contributed by atoms with Gasteiger partial charge in [-0.1, -0.05) is 12.1 Å².